The van der Waals surface area contributed by atoms with E-state index in [9.17, 15) is 5.26 Å². The van der Waals surface area contributed by atoms with Crippen LogP contribution in [0.2, 0.25) is 5.02 Å². The zero-order valence-electron chi connectivity index (χ0n) is 16.5. The second kappa shape index (κ2) is 8.73. The summed E-state index contributed by atoms with van der Waals surface area (Å²) in [6, 6.07) is 20.7. The largest absolute Gasteiger partial charge is 0.468 e. The van der Waals surface area contributed by atoms with Gasteiger partial charge in [0.15, 0.2) is 0 Å². The van der Waals surface area contributed by atoms with Crippen LogP contribution >= 0.6 is 11.6 Å². The summed E-state index contributed by atoms with van der Waals surface area (Å²) < 4.78 is 5.53. The van der Waals surface area contributed by atoms with E-state index in [4.69, 9.17) is 16.0 Å². The Labute approximate surface area is 176 Å². The van der Waals surface area contributed by atoms with Crippen LogP contribution in [0.1, 0.15) is 28.9 Å². The molecular weight excluding hydrogens is 382 g/mol. The second-order valence-corrected chi connectivity index (χ2v) is 7.99. The highest BCUT2D eigenvalue weighted by Crippen LogP contribution is 2.30. The van der Waals surface area contributed by atoms with Crippen molar-refractivity contribution in [2.45, 2.75) is 32.5 Å². The first-order chi connectivity index (χ1) is 14.1. The first-order valence-electron chi connectivity index (χ1n) is 9.89. The molecule has 2 heterocycles. The second-order valence-electron chi connectivity index (χ2n) is 7.59. The minimum absolute atomic E-state index is 0.369. The summed E-state index contributed by atoms with van der Waals surface area (Å²) in [7, 11) is 0. The summed E-state index contributed by atoms with van der Waals surface area (Å²) in [5, 5.41) is 9.73. The lowest BCUT2D eigenvalue weighted by molar-refractivity contribution is 0.293. The molecule has 0 spiro atoms. The van der Waals surface area contributed by atoms with Crippen molar-refractivity contribution < 1.29 is 4.42 Å². The van der Waals surface area contributed by atoms with Crippen molar-refractivity contribution in [3.63, 3.8) is 0 Å². The number of nitriles is 1. The summed E-state index contributed by atoms with van der Waals surface area (Å²) >= 11 is 6.37. The Hall–Kier alpha value is -2.74. The number of aryl methyl sites for hydroxylation is 1. The molecule has 1 aliphatic rings. The van der Waals surface area contributed by atoms with Gasteiger partial charge < -0.3 is 9.32 Å². The molecule has 0 radical (unpaired) electrons. The normalized spacial score (nSPS) is 16.7. The van der Waals surface area contributed by atoms with E-state index in [1.54, 1.807) is 6.26 Å². The lowest BCUT2D eigenvalue weighted by Gasteiger charge is -2.32. The van der Waals surface area contributed by atoms with Crippen LogP contribution in [-0.2, 0) is 13.1 Å². The van der Waals surface area contributed by atoms with Gasteiger partial charge in [0, 0.05) is 31.4 Å². The molecule has 148 valence electrons. The molecule has 4 nitrogen and oxygen atoms in total. The third kappa shape index (κ3) is 4.48. The molecule has 1 atom stereocenters. The molecule has 1 saturated heterocycles. The molecule has 0 amide bonds. The van der Waals surface area contributed by atoms with Crippen molar-refractivity contribution >= 4 is 17.3 Å². The number of hydrogen-bond acceptors (Lipinski definition) is 4. The standard InChI is InChI=1S/C24H24ClN3O/c1-18-5-2-3-6-20(18)15-28(21-9-8-19(14-26)24(25)13-21)22-10-11-27(16-22)17-23-7-4-12-29-23/h2-9,12-13,22H,10-11,15-17H2,1H3/t22-/m0/s1. The molecule has 0 bridgehead atoms. The number of anilines is 1. The van der Waals surface area contributed by atoms with Crippen LogP contribution in [0.3, 0.4) is 0 Å². The number of rotatable bonds is 6. The first kappa shape index (κ1) is 19.6. The van der Waals surface area contributed by atoms with Gasteiger partial charge in [-0.15, -0.1) is 0 Å². The molecule has 4 rings (SSSR count). The Morgan fingerprint density at radius 2 is 2.07 bits per heavy atom. The Morgan fingerprint density at radius 3 is 2.79 bits per heavy atom. The molecular formula is C24H24ClN3O. The highest BCUT2D eigenvalue weighted by Gasteiger charge is 2.29. The van der Waals surface area contributed by atoms with Gasteiger partial charge in [0.05, 0.1) is 23.4 Å². The summed E-state index contributed by atoms with van der Waals surface area (Å²) in [5.74, 6) is 0.998. The summed E-state index contributed by atoms with van der Waals surface area (Å²) in [6.45, 7) is 5.78. The van der Waals surface area contributed by atoms with E-state index in [-0.39, 0.29) is 0 Å². The summed E-state index contributed by atoms with van der Waals surface area (Å²) in [5.41, 5.74) is 4.15. The summed E-state index contributed by atoms with van der Waals surface area (Å²) in [4.78, 5) is 4.86. The van der Waals surface area contributed by atoms with Crippen LogP contribution in [0.15, 0.2) is 65.3 Å². The van der Waals surface area contributed by atoms with Crippen LogP contribution < -0.4 is 4.90 Å². The van der Waals surface area contributed by atoms with Crippen molar-refractivity contribution in [1.29, 1.82) is 5.26 Å². The Kier molecular flexibility index (Phi) is 5.89. The molecule has 1 aromatic heterocycles. The summed E-state index contributed by atoms with van der Waals surface area (Å²) in [6.07, 6.45) is 2.80. The fourth-order valence-electron chi connectivity index (χ4n) is 4.01. The highest BCUT2D eigenvalue weighted by atomic mass is 35.5. The Bertz CT molecular complexity index is 1010. The maximum atomic E-state index is 9.22. The number of furan rings is 1. The van der Waals surface area contributed by atoms with E-state index >= 15 is 0 Å². The van der Waals surface area contributed by atoms with Gasteiger partial charge in [-0.3, -0.25) is 4.90 Å². The molecule has 0 unspecified atom stereocenters. The molecule has 0 saturated carbocycles. The molecule has 1 fully saturated rings. The fraction of sp³-hybridized carbons (Fsp3) is 0.292. The number of hydrogen-bond donors (Lipinski definition) is 0. The van der Waals surface area contributed by atoms with Gasteiger partial charge in [-0.1, -0.05) is 35.9 Å². The third-order valence-electron chi connectivity index (χ3n) is 5.65. The highest BCUT2D eigenvalue weighted by molar-refractivity contribution is 6.32. The maximum absolute atomic E-state index is 9.22. The molecule has 3 aromatic rings. The van der Waals surface area contributed by atoms with E-state index in [0.29, 0.717) is 16.6 Å². The number of halogens is 1. The van der Waals surface area contributed by atoms with Crippen LogP contribution in [-0.4, -0.2) is 24.0 Å². The monoisotopic (exact) mass is 405 g/mol. The van der Waals surface area contributed by atoms with Gasteiger partial charge in [0.1, 0.15) is 11.8 Å². The molecule has 2 aromatic carbocycles. The van der Waals surface area contributed by atoms with Gasteiger partial charge >= 0.3 is 0 Å². The molecule has 0 aliphatic carbocycles. The van der Waals surface area contributed by atoms with E-state index < -0.39 is 0 Å². The van der Waals surface area contributed by atoms with Crippen molar-refractivity contribution in [3.8, 4) is 6.07 Å². The Morgan fingerprint density at radius 1 is 1.21 bits per heavy atom. The van der Waals surface area contributed by atoms with Crippen molar-refractivity contribution in [3.05, 3.63) is 88.3 Å². The van der Waals surface area contributed by atoms with Crippen LogP contribution in [0.4, 0.5) is 5.69 Å². The lowest BCUT2D eigenvalue weighted by atomic mass is 10.1. The van der Waals surface area contributed by atoms with Gasteiger partial charge in [-0.25, -0.2) is 0 Å². The third-order valence-corrected chi connectivity index (χ3v) is 5.97. The van der Waals surface area contributed by atoms with Gasteiger partial charge in [-0.05, 0) is 54.8 Å². The van der Waals surface area contributed by atoms with Crippen molar-refractivity contribution in [2.24, 2.45) is 0 Å². The predicted octanol–water partition coefficient (Wildman–Crippen LogP) is 5.39. The van der Waals surface area contributed by atoms with E-state index in [1.807, 2.05) is 30.3 Å². The average molecular weight is 406 g/mol. The molecule has 29 heavy (non-hydrogen) atoms. The fourth-order valence-corrected chi connectivity index (χ4v) is 4.23. The Balaban J connectivity index is 1.59. The van der Waals surface area contributed by atoms with Gasteiger partial charge in [-0.2, -0.15) is 5.26 Å². The van der Waals surface area contributed by atoms with Gasteiger partial charge in [0.25, 0.3) is 0 Å². The molecule has 5 heteroatoms. The van der Waals surface area contributed by atoms with E-state index in [1.165, 1.54) is 11.1 Å². The minimum Gasteiger partial charge on any atom is -0.468 e. The SMILES string of the molecule is Cc1ccccc1CN(c1ccc(C#N)c(Cl)c1)[C@H]1CCN(Cc2ccco2)C1. The number of nitrogens with zero attached hydrogens (tertiary/aromatic N) is 3. The van der Waals surface area contributed by atoms with Crippen molar-refractivity contribution in [1.82, 2.24) is 4.90 Å². The predicted molar refractivity (Wildman–Crippen MR) is 116 cm³/mol. The zero-order chi connectivity index (χ0) is 20.2. The van der Waals surface area contributed by atoms with E-state index in [2.05, 4.69) is 47.1 Å². The topological polar surface area (TPSA) is 43.4 Å². The van der Waals surface area contributed by atoms with Crippen molar-refractivity contribution in [2.75, 3.05) is 18.0 Å². The zero-order valence-corrected chi connectivity index (χ0v) is 17.3. The molecule has 1 aliphatic heterocycles. The number of likely N-dealkylation sites (tertiary alicyclic amines) is 1. The quantitative estimate of drug-likeness (QED) is 0.551. The van der Waals surface area contributed by atoms with Crippen LogP contribution in [0.5, 0.6) is 0 Å². The average Bonchev–Trinajstić information content (AvgIpc) is 3.40. The maximum Gasteiger partial charge on any atom is 0.117 e. The minimum atomic E-state index is 0.369. The van der Waals surface area contributed by atoms with Crippen LogP contribution in [0.25, 0.3) is 0 Å². The first-order valence-corrected chi connectivity index (χ1v) is 10.3. The molecule has 0 N–H and O–H groups in total. The smallest absolute Gasteiger partial charge is 0.117 e. The van der Waals surface area contributed by atoms with E-state index in [0.717, 1.165) is 44.0 Å². The van der Waals surface area contributed by atoms with Gasteiger partial charge in [0.2, 0.25) is 0 Å². The lowest BCUT2D eigenvalue weighted by Crippen LogP contribution is -2.37. The van der Waals surface area contributed by atoms with Crippen LogP contribution in [0, 0.1) is 18.3 Å². The number of benzene rings is 2.